The van der Waals surface area contributed by atoms with Crippen molar-refractivity contribution in [2.75, 3.05) is 25.1 Å². The smallest absolute Gasteiger partial charge is 0.180 e. The molecule has 0 unspecified atom stereocenters. The van der Waals surface area contributed by atoms with E-state index in [2.05, 4.69) is 20.3 Å². The molecular weight excluding hydrogens is 204 g/mol. The first-order valence-electron chi connectivity index (χ1n) is 5.29. The lowest BCUT2D eigenvalue weighted by Crippen LogP contribution is -2.10. The van der Waals surface area contributed by atoms with Crippen molar-refractivity contribution >= 4 is 17.0 Å². The van der Waals surface area contributed by atoms with Gasteiger partial charge in [0.15, 0.2) is 5.65 Å². The van der Waals surface area contributed by atoms with Gasteiger partial charge in [-0.3, -0.25) is 4.98 Å². The fraction of sp³-hybridized carbons (Fsp3) is 0.364. The zero-order valence-corrected chi connectivity index (χ0v) is 9.18. The van der Waals surface area contributed by atoms with Crippen LogP contribution >= 0.6 is 0 Å². The summed E-state index contributed by atoms with van der Waals surface area (Å²) < 4.78 is 5.22. The van der Waals surface area contributed by atoms with Crippen LogP contribution in [0.1, 0.15) is 6.92 Å². The van der Waals surface area contributed by atoms with Gasteiger partial charge in [0.25, 0.3) is 0 Å². The Morgan fingerprint density at radius 3 is 3.00 bits per heavy atom. The molecule has 0 saturated heterocycles. The largest absolute Gasteiger partial charge is 0.380 e. The number of nitrogens with zero attached hydrogens (tertiary/aromatic N) is 3. The topological polar surface area (TPSA) is 59.9 Å². The molecular formula is C11H14N4O. The van der Waals surface area contributed by atoms with Gasteiger partial charge in [-0.25, -0.2) is 9.97 Å². The summed E-state index contributed by atoms with van der Waals surface area (Å²) in [5.41, 5.74) is 1.46. The molecule has 0 spiro atoms. The van der Waals surface area contributed by atoms with Gasteiger partial charge < -0.3 is 10.1 Å². The highest BCUT2D eigenvalue weighted by Crippen LogP contribution is 2.09. The third-order valence-corrected chi connectivity index (χ3v) is 2.09. The summed E-state index contributed by atoms with van der Waals surface area (Å²) in [6.07, 6.45) is 3.30. The Bertz CT molecular complexity index is 460. The lowest BCUT2D eigenvalue weighted by Gasteiger charge is -2.05. The van der Waals surface area contributed by atoms with Crippen molar-refractivity contribution in [3.8, 4) is 0 Å². The van der Waals surface area contributed by atoms with Gasteiger partial charge >= 0.3 is 0 Å². The highest BCUT2D eigenvalue weighted by Gasteiger charge is 1.98. The van der Waals surface area contributed by atoms with Crippen LogP contribution in [0, 0.1) is 0 Å². The molecule has 0 radical (unpaired) electrons. The molecule has 0 aliphatic heterocycles. The molecule has 0 aliphatic rings. The molecule has 1 N–H and O–H groups in total. The van der Waals surface area contributed by atoms with Crippen molar-refractivity contribution in [3.05, 3.63) is 24.5 Å². The predicted octanol–water partition coefficient (Wildman–Crippen LogP) is 1.47. The average molecular weight is 218 g/mol. The number of nitrogens with one attached hydrogen (secondary N) is 1. The average Bonchev–Trinajstić information content (AvgIpc) is 2.34. The van der Waals surface area contributed by atoms with Crippen LogP contribution in [0.4, 0.5) is 5.82 Å². The van der Waals surface area contributed by atoms with E-state index in [1.54, 1.807) is 12.4 Å². The highest BCUT2D eigenvalue weighted by molar-refractivity contribution is 5.71. The normalized spacial score (nSPS) is 10.6. The summed E-state index contributed by atoms with van der Waals surface area (Å²) in [5, 5.41) is 3.17. The maximum absolute atomic E-state index is 5.22. The van der Waals surface area contributed by atoms with Crippen LogP contribution in [-0.2, 0) is 4.74 Å². The minimum absolute atomic E-state index is 0.656. The summed E-state index contributed by atoms with van der Waals surface area (Å²) in [6, 6.07) is 3.79. The van der Waals surface area contributed by atoms with E-state index in [-0.39, 0.29) is 0 Å². The van der Waals surface area contributed by atoms with Crippen molar-refractivity contribution in [3.63, 3.8) is 0 Å². The minimum Gasteiger partial charge on any atom is -0.380 e. The Morgan fingerprint density at radius 2 is 2.12 bits per heavy atom. The Balaban J connectivity index is 2.02. The molecule has 0 atom stereocenters. The lowest BCUT2D eigenvalue weighted by molar-refractivity contribution is 0.158. The molecule has 0 amide bonds. The van der Waals surface area contributed by atoms with E-state index in [9.17, 15) is 0 Å². The SMILES string of the molecule is CCOCCNc1ccc2nccnc2n1. The Labute approximate surface area is 93.9 Å². The number of fused-ring (bicyclic) bond motifs is 1. The third-order valence-electron chi connectivity index (χ3n) is 2.09. The van der Waals surface area contributed by atoms with E-state index < -0.39 is 0 Å². The fourth-order valence-corrected chi connectivity index (χ4v) is 1.35. The maximum Gasteiger partial charge on any atom is 0.180 e. The van der Waals surface area contributed by atoms with Crippen molar-refractivity contribution < 1.29 is 4.74 Å². The number of hydrogen-bond donors (Lipinski definition) is 1. The quantitative estimate of drug-likeness (QED) is 0.770. The molecule has 0 aromatic carbocycles. The van der Waals surface area contributed by atoms with Crippen molar-refractivity contribution in [2.24, 2.45) is 0 Å². The van der Waals surface area contributed by atoms with Gasteiger partial charge in [0.1, 0.15) is 11.3 Å². The van der Waals surface area contributed by atoms with Gasteiger partial charge in [-0.2, -0.15) is 0 Å². The molecule has 84 valence electrons. The second-order valence-corrected chi connectivity index (χ2v) is 3.22. The van der Waals surface area contributed by atoms with E-state index in [1.165, 1.54) is 0 Å². The number of anilines is 1. The summed E-state index contributed by atoms with van der Waals surface area (Å²) >= 11 is 0. The monoisotopic (exact) mass is 218 g/mol. The van der Waals surface area contributed by atoms with E-state index in [0.29, 0.717) is 12.3 Å². The van der Waals surface area contributed by atoms with E-state index >= 15 is 0 Å². The molecule has 2 heterocycles. The summed E-state index contributed by atoms with van der Waals surface area (Å²) in [7, 11) is 0. The molecule has 0 bridgehead atoms. The van der Waals surface area contributed by atoms with E-state index in [4.69, 9.17) is 4.74 Å². The molecule has 2 rings (SSSR count). The molecule has 2 aromatic rings. The van der Waals surface area contributed by atoms with E-state index in [1.807, 2.05) is 19.1 Å². The molecule has 5 nitrogen and oxygen atoms in total. The van der Waals surface area contributed by atoms with Gasteiger partial charge in [0.2, 0.25) is 0 Å². The standard InChI is InChI=1S/C11H14N4O/c1-2-16-8-7-13-10-4-3-9-11(15-10)14-6-5-12-9/h3-6H,2,7-8H2,1H3,(H,13,14,15). The predicted molar refractivity (Wildman–Crippen MR) is 62.3 cm³/mol. The summed E-state index contributed by atoms with van der Waals surface area (Å²) in [6.45, 7) is 4.13. The lowest BCUT2D eigenvalue weighted by atomic mass is 10.4. The minimum atomic E-state index is 0.656. The van der Waals surface area contributed by atoms with Crippen LogP contribution in [-0.4, -0.2) is 34.7 Å². The van der Waals surface area contributed by atoms with E-state index in [0.717, 1.165) is 24.5 Å². The molecule has 0 aliphatic carbocycles. The summed E-state index contributed by atoms with van der Waals surface area (Å²) in [5.74, 6) is 0.799. The Morgan fingerprint density at radius 1 is 1.25 bits per heavy atom. The van der Waals surface area contributed by atoms with Gasteiger partial charge in [-0.1, -0.05) is 0 Å². The zero-order valence-electron chi connectivity index (χ0n) is 9.18. The second kappa shape index (κ2) is 5.37. The molecule has 5 heteroatoms. The Kier molecular flexibility index (Phi) is 3.61. The first-order valence-corrected chi connectivity index (χ1v) is 5.29. The second-order valence-electron chi connectivity index (χ2n) is 3.22. The van der Waals surface area contributed by atoms with Crippen LogP contribution in [0.5, 0.6) is 0 Å². The van der Waals surface area contributed by atoms with Crippen molar-refractivity contribution in [1.29, 1.82) is 0 Å². The molecule has 2 aromatic heterocycles. The number of aromatic nitrogens is 3. The maximum atomic E-state index is 5.22. The third kappa shape index (κ3) is 2.64. The first kappa shape index (κ1) is 10.8. The number of pyridine rings is 1. The first-order chi connectivity index (χ1) is 7.90. The number of rotatable bonds is 5. The van der Waals surface area contributed by atoms with Gasteiger partial charge in [0.05, 0.1) is 6.61 Å². The molecule has 0 saturated carbocycles. The van der Waals surface area contributed by atoms with Gasteiger partial charge in [-0.05, 0) is 19.1 Å². The molecule has 0 fully saturated rings. The fourth-order valence-electron chi connectivity index (χ4n) is 1.35. The van der Waals surface area contributed by atoms with Crippen LogP contribution in [0.25, 0.3) is 11.2 Å². The van der Waals surface area contributed by atoms with Crippen LogP contribution < -0.4 is 5.32 Å². The van der Waals surface area contributed by atoms with Gasteiger partial charge in [0, 0.05) is 25.5 Å². The van der Waals surface area contributed by atoms with Crippen molar-refractivity contribution in [2.45, 2.75) is 6.92 Å². The highest BCUT2D eigenvalue weighted by atomic mass is 16.5. The number of ether oxygens (including phenoxy) is 1. The van der Waals surface area contributed by atoms with Crippen molar-refractivity contribution in [1.82, 2.24) is 15.0 Å². The zero-order chi connectivity index (χ0) is 11.2. The van der Waals surface area contributed by atoms with Gasteiger partial charge in [-0.15, -0.1) is 0 Å². The van der Waals surface area contributed by atoms with Crippen LogP contribution in [0.3, 0.4) is 0 Å². The Hall–Kier alpha value is -1.75. The molecule has 16 heavy (non-hydrogen) atoms. The van der Waals surface area contributed by atoms with Crippen LogP contribution in [0.2, 0.25) is 0 Å². The number of hydrogen-bond acceptors (Lipinski definition) is 5. The summed E-state index contributed by atoms with van der Waals surface area (Å²) in [4.78, 5) is 12.6. The van der Waals surface area contributed by atoms with Crippen LogP contribution in [0.15, 0.2) is 24.5 Å².